The fourth-order valence-electron chi connectivity index (χ4n) is 2.22. The summed E-state index contributed by atoms with van der Waals surface area (Å²) in [6.07, 6.45) is 3.34. The average molecular weight is 392 g/mol. The lowest BCUT2D eigenvalue weighted by molar-refractivity contribution is 0.0948. The molecule has 2 aromatic heterocycles. The number of carbonyl (C=O) groups is 1. The van der Waals surface area contributed by atoms with Gasteiger partial charge in [-0.1, -0.05) is 23.7 Å². The van der Waals surface area contributed by atoms with Gasteiger partial charge in [0.2, 0.25) is 0 Å². The predicted octanol–water partition coefficient (Wildman–Crippen LogP) is 3.82. The van der Waals surface area contributed by atoms with Crippen molar-refractivity contribution < 1.29 is 4.79 Å². The van der Waals surface area contributed by atoms with E-state index in [1.54, 1.807) is 29.7 Å². The maximum atomic E-state index is 12.4. The lowest BCUT2D eigenvalue weighted by atomic mass is 10.2. The number of imidazole rings is 1. The number of halogens is 2. The molecule has 1 N–H and O–H groups in total. The topological polar surface area (TPSA) is 58.8 Å². The van der Waals surface area contributed by atoms with Crippen LogP contribution in [0.15, 0.2) is 52.2 Å². The number of pyridine rings is 1. The van der Waals surface area contributed by atoms with Crippen LogP contribution in [0.4, 0.5) is 0 Å². The van der Waals surface area contributed by atoms with Gasteiger partial charge in [0, 0.05) is 15.7 Å². The van der Waals surface area contributed by atoms with Crippen molar-refractivity contribution in [2.45, 2.75) is 6.92 Å². The third-order valence-electron chi connectivity index (χ3n) is 3.20. The summed E-state index contributed by atoms with van der Waals surface area (Å²) in [5.74, 6) is -0.327. The van der Waals surface area contributed by atoms with Gasteiger partial charge in [0.15, 0.2) is 0 Å². The van der Waals surface area contributed by atoms with E-state index in [0.29, 0.717) is 22.1 Å². The summed E-state index contributed by atoms with van der Waals surface area (Å²) in [6, 6.07) is 10.9. The summed E-state index contributed by atoms with van der Waals surface area (Å²) in [6.45, 7) is 1.79. The second-order valence-electron chi connectivity index (χ2n) is 4.88. The molecule has 2 heterocycles. The number of hydrazone groups is 1. The number of benzene rings is 1. The lowest BCUT2D eigenvalue weighted by Crippen LogP contribution is -2.20. The number of hydrogen-bond donors (Lipinski definition) is 1. The number of hydrogen-bond acceptors (Lipinski definition) is 3. The number of nitrogens with zero attached hydrogens (tertiary/aromatic N) is 3. The molecule has 7 heteroatoms. The first kappa shape index (κ1) is 15.7. The molecule has 5 nitrogen and oxygen atoms in total. The Labute approximate surface area is 146 Å². The van der Waals surface area contributed by atoms with Gasteiger partial charge in [0.25, 0.3) is 5.91 Å². The first-order valence-electron chi connectivity index (χ1n) is 6.78. The molecule has 0 bridgehead atoms. The molecule has 116 valence electrons. The Morgan fingerprint density at radius 3 is 3.00 bits per heavy atom. The van der Waals surface area contributed by atoms with Crippen LogP contribution in [0.2, 0.25) is 5.02 Å². The minimum Gasteiger partial charge on any atom is -0.294 e. The van der Waals surface area contributed by atoms with Gasteiger partial charge in [-0.3, -0.25) is 9.20 Å². The van der Waals surface area contributed by atoms with E-state index >= 15 is 0 Å². The van der Waals surface area contributed by atoms with Crippen molar-refractivity contribution in [2.75, 3.05) is 0 Å². The van der Waals surface area contributed by atoms with Crippen LogP contribution in [0, 0.1) is 6.92 Å². The second kappa shape index (κ2) is 6.52. The van der Waals surface area contributed by atoms with Crippen LogP contribution >= 0.6 is 27.5 Å². The summed E-state index contributed by atoms with van der Waals surface area (Å²) in [5, 5.41) is 4.59. The molecule has 0 radical (unpaired) electrons. The Balaban J connectivity index is 1.84. The van der Waals surface area contributed by atoms with Gasteiger partial charge in [-0.2, -0.15) is 5.10 Å². The summed E-state index contributed by atoms with van der Waals surface area (Å²) in [4.78, 5) is 16.7. The molecular weight excluding hydrogens is 380 g/mol. The van der Waals surface area contributed by atoms with Crippen molar-refractivity contribution in [3.05, 3.63) is 69.0 Å². The van der Waals surface area contributed by atoms with Crippen LogP contribution in [0.5, 0.6) is 0 Å². The zero-order valence-electron chi connectivity index (χ0n) is 12.1. The van der Waals surface area contributed by atoms with Gasteiger partial charge >= 0.3 is 0 Å². The summed E-state index contributed by atoms with van der Waals surface area (Å²) < 4.78 is 2.59. The van der Waals surface area contributed by atoms with Crippen molar-refractivity contribution in [3.63, 3.8) is 0 Å². The Morgan fingerprint density at radius 1 is 1.39 bits per heavy atom. The minimum absolute atomic E-state index is 0.327. The maximum Gasteiger partial charge on any atom is 0.290 e. The van der Waals surface area contributed by atoms with Crippen molar-refractivity contribution in [3.8, 4) is 0 Å². The first-order valence-corrected chi connectivity index (χ1v) is 7.95. The largest absolute Gasteiger partial charge is 0.294 e. The van der Waals surface area contributed by atoms with Gasteiger partial charge in [0.05, 0.1) is 11.9 Å². The predicted molar refractivity (Wildman–Crippen MR) is 94.1 cm³/mol. The van der Waals surface area contributed by atoms with Gasteiger partial charge in [-0.25, -0.2) is 10.4 Å². The molecule has 3 aromatic rings. The molecule has 0 saturated heterocycles. The number of carbonyl (C=O) groups excluding carboxylic acids is 1. The van der Waals surface area contributed by atoms with Crippen LogP contribution in [0.25, 0.3) is 5.65 Å². The SMILES string of the molecule is Cc1nc2ccc(Br)cn2c1C(=O)N/N=C\c1cccc(Cl)c1. The third kappa shape index (κ3) is 3.43. The van der Waals surface area contributed by atoms with E-state index in [1.807, 2.05) is 24.3 Å². The van der Waals surface area contributed by atoms with E-state index in [4.69, 9.17) is 11.6 Å². The zero-order valence-corrected chi connectivity index (χ0v) is 14.5. The molecule has 1 amide bonds. The van der Waals surface area contributed by atoms with Gasteiger partial charge in [-0.05, 0) is 52.7 Å². The van der Waals surface area contributed by atoms with E-state index in [9.17, 15) is 4.79 Å². The molecule has 1 aromatic carbocycles. The number of aromatic nitrogens is 2. The van der Waals surface area contributed by atoms with E-state index in [2.05, 4.69) is 31.4 Å². The molecule has 3 rings (SSSR count). The lowest BCUT2D eigenvalue weighted by Gasteiger charge is -2.02. The molecule has 0 aliphatic rings. The van der Waals surface area contributed by atoms with Gasteiger partial charge < -0.3 is 0 Å². The summed E-state index contributed by atoms with van der Waals surface area (Å²) in [5.41, 5.74) is 5.11. The van der Waals surface area contributed by atoms with E-state index in [0.717, 1.165) is 10.0 Å². The number of nitrogens with one attached hydrogen (secondary N) is 1. The number of fused-ring (bicyclic) bond motifs is 1. The highest BCUT2D eigenvalue weighted by molar-refractivity contribution is 9.10. The molecule has 0 aliphatic heterocycles. The quantitative estimate of drug-likeness (QED) is 0.545. The Hall–Kier alpha value is -2.18. The van der Waals surface area contributed by atoms with Crippen LogP contribution in [-0.4, -0.2) is 21.5 Å². The maximum absolute atomic E-state index is 12.4. The van der Waals surface area contributed by atoms with Crippen LogP contribution in [0.1, 0.15) is 21.7 Å². The second-order valence-corrected chi connectivity index (χ2v) is 6.23. The summed E-state index contributed by atoms with van der Waals surface area (Å²) in [7, 11) is 0. The van der Waals surface area contributed by atoms with Crippen molar-refractivity contribution in [1.29, 1.82) is 0 Å². The number of rotatable bonds is 3. The zero-order chi connectivity index (χ0) is 16.4. The Morgan fingerprint density at radius 2 is 2.22 bits per heavy atom. The van der Waals surface area contributed by atoms with E-state index in [1.165, 1.54) is 6.21 Å². The van der Waals surface area contributed by atoms with E-state index in [-0.39, 0.29) is 5.91 Å². The molecule has 0 fully saturated rings. The molecule has 0 saturated carbocycles. The van der Waals surface area contributed by atoms with Gasteiger partial charge in [0.1, 0.15) is 11.3 Å². The highest BCUT2D eigenvalue weighted by Gasteiger charge is 2.16. The van der Waals surface area contributed by atoms with Crippen LogP contribution in [-0.2, 0) is 0 Å². The van der Waals surface area contributed by atoms with Crippen LogP contribution < -0.4 is 5.43 Å². The Bertz CT molecular complexity index is 920. The number of aryl methyl sites for hydroxylation is 1. The molecule has 23 heavy (non-hydrogen) atoms. The van der Waals surface area contributed by atoms with Crippen molar-refractivity contribution in [2.24, 2.45) is 5.10 Å². The molecule has 0 unspecified atom stereocenters. The van der Waals surface area contributed by atoms with E-state index < -0.39 is 0 Å². The normalized spacial score (nSPS) is 11.3. The van der Waals surface area contributed by atoms with Crippen molar-refractivity contribution >= 4 is 45.3 Å². The first-order chi connectivity index (χ1) is 11.0. The highest BCUT2D eigenvalue weighted by atomic mass is 79.9. The summed E-state index contributed by atoms with van der Waals surface area (Å²) >= 11 is 9.30. The molecular formula is C16H12BrClN4O. The Kier molecular flexibility index (Phi) is 4.45. The smallest absolute Gasteiger partial charge is 0.290 e. The molecule has 0 atom stereocenters. The monoisotopic (exact) mass is 390 g/mol. The van der Waals surface area contributed by atoms with Crippen LogP contribution in [0.3, 0.4) is 0 Å². The molecule has 0 spiro atoms. The van der Waals surface area contributed by atoms with Gasteiger partial charge in [-0.15, -0.1) is 0 Å². The van der Waals surface area contributed by atoms with Crippen molar-refractivity contribution in [1.82, 2.24) is 14.8 Å². The third-order valence-corrected chi connectivity index (χ3v) is 3.90. The minimum atomic E-state index is -0.327. The fraction of sp³-hybridized carbons (Fsp3) is 0.0625. The standard InChI is InChI=1S/C16H12BrClN4O/c1-10-15(22-9-12(17)5-6-14(22)20-10)16(23)21-19-8-11-3-2-4-13(18)7-11/h2-9H,1H3,(H,21,23)/b19-8-. The highest BCUT2D eigenvalue weighted by Crippen LogP contribution is 2.16. The average Bonchev–Trinajstić information content (AvgIpc) is 2.82. The molecule has 0 aliphatic carbocycles. The fourth-order valence-corrected chi connectivity index (χ4v) is 2.75. The number of amides is 1.